The van der Waals surface area contributed by atoms with Crippen LogP contribution in [0.4, 0.5) is 0 Å². The normalized spacial score (nSPS) is 65.5. The van der Waals surface area contributed by atoms with E-state index in [0.29, 0.717) is 30.0 Å². The zero-order chi connectivity index (χ0) is 15.3. The molecule has 0 radical (unpaired) electrons. The first-order valence-corrected chi connectivity index (χ1v) is 9.40. The fourth-order valence-electron chi connectivity index (χ4n) is 7.98. The van der Waals surface area contributed by atoms with Crippen molar-refractivity contribution in [2.24, 2.45) is 34.0 Å². The minimum absolute atomic E-state index is 0.00511. The Kier molecular flexibility index (Phi) is 2.65. The summed E-state index contributed by atoms with van der Waals surface area (Å²) in [6.07, 6.45) is 8.84. The molecule has 4 saturated carbocycles. The molecule has 5 fully saturated rings. The number of epoxide rings is 1. The van der Waals surface area contributed by atoms with Gasteiger partial charge in [-0.2, -0.15) is 0 Å². The zero-order valence-corrected chi connectivity index (χ0v) is 13.9. The minimum atomic E-state index is -0.222. The molecule has 0 aromatic heterocycles. The van der Waals surface area contributed by atoms with Crippen LogP contribution in [-0.2, 0) is 4.74 Å². The van der Waals surface area contributed by atoms with Crippen molar-refractivity contribution in [2.75, 3.05) is 6.61 Å². The molecule has 9 atom stereocenters. The van der Waals surface area contributed by atoms with Gasteiger partial charge in [-0.3, -0.25) is 0 Å². The van der Waals surface area contributed by atoms with Gasteiger partial charge in [0.1, 0.15) is 0 Å². The van der Waals surface area contributed by atoms with Crippen molar-refractivity contribution in [3.63, 3.8) is 0 Å². The fraction of sp³-hybridized carbons (Fsp3) is 1.00. The standard InChI is InChI=1S/C19H30O3/c1-17(10-20)6-3-7-18(2)12-5-4-11-9-19(12,16-15(11)22-16)14(21)8-13(17)18/h11-16,20-21H,3-10H2,1-2H3. The van der Waals surface area contributed by atoms with Crippen LogP contribution in [-0.4, -0.2) is 35.1 Å². The Morgan fingerprint density at radius 1 is 1.14 bits per heavy atom. The van der Waals surface area contributed by atoms with Gasteiger partial charge < -0.3 is 14.9 Å². The van der Waals surface area contributed by atoms with Crippen LogP contribution >= 0.6 is 0 Å². The first-order valence-electron chi connectivity index (χ1n) is 9.40. The van der Waals surface area contributed by atoms with Gasteiger partial charge in [0.15, 0.2) is 0 Å². The molecular formula is C19H30O3. The number of hydrogen-bond acceptors (Lipinski definition) is 3. The number of aliphatic hydroxyl groups is 2. The first kappa shape index (κ1) is 14.2. The molecule has 0 aromatic rings. The lowest BCUT2D eigenvalue weighted by Crippen LogP contribution is -2.63. The highest BCUT2D eigenvalue weighted by Gasteiger charge is 2.76. The Balaban J connectivity index is 1.60. The van der Waals surface area contributed by atoms with Crippen LogP contribution in [0.3, 0.4) is 0 Å². The van der Waals surface area contributed by atoms with Crippen molar-refractivity contribution in [3.05, 3.63) is 0 Å². The third kappa shape index (κ3) is 1.41. The molecule has 2 bridgehead atoms. The smallest absolute Gasteiger partial charge is 0.0928 e. The average molecular weight is 306 g/mol. The third-order valence-corrected chi connectivity index (χ3v) is 8.95. The number of fused-ring (bicyclic) bond motifs is 5. The van der Waals surface area contributed by atoms with Crippen LogP contribution in [0, 0.1) is 34.0 Å². The van der Waals surface area contributed by atoms with E-state index in [1.54, 1.807) is 0 Å². The van der Waals surface area contributed by atoms with Crippen LogP contribution in [0.15, 0.2) is 0 Å². The second kappa shape index (κ2) is 4.10. The van der Waals surface area contributed by atoms with Crippen LogP contribution in [0.5, 0.6) is 0 Å². The Hall–Kier alpha value is -0.120. The molecule has 22 heavy (non-hydrogen) atoms. The molecule has 1 saturated heterocycles. The quantitative estimate of drug-likeness (QED) is 0.732. The predicted molar refractivity (Wildman–Crippen MR) is 83.2 cm³/mol. The molecule has 1 aliphatic heterocycles. The van der Waals surface area contributed by atoms with Gasteiger partial charge in [-0.25, -0.2) is 0 Å². The number of ether oxygens (including phenoxy) is 1. The molecule has 3 heteroatoms. The van der Waals surface area contributed by atoms with Crippen LogP contribution in [0.2, 0.25) is 0 Å². The monoisotopic (exact) mass is 306 g/mol. The van der Waals surface area contributed by atoms with E-state index in [9.17, 15) is 10.2 Å². The molecular weight excluding hydrogens is 276 g/mol. The fourth-order valence-corrected chi connectivity index (χ4v) is 7.98. The second-order valence-electron chi connectivity index (χ2n) is 9.70. The summed E-state index contributed by atoms with van der Waals surface area (Å²) < 4.78 is 6.04. The third-order valence-electron chi connectivity index (χ3n) is 8.95. The summed E-state index contributed by atoms with van der Waals surface area (Å²) in [6.45, 7) is 5.01. The summed E-state index contributed by atoms with van der Waals surface area (Å²) in [5.74, 6) is 1.76. The van der Waals surface area contributed by atoms with Gasteiger partial charge in [-0.05, 0) is 67.1 Å². The van der Waals surface area contributed by atoms with Crippen molar-refractivity contribution in [3.8, 4) is 0 Å². The highest BCUT2D eigenvalue weighted by molar-refractivity contribution is 5.24. The maximum atomic E-state index is 11.2. The van der Waals surface area contributed by atoms with Crippen LogP contribution < -0.4 is 0 Å². The maximum absolute atomic E-state index is 11.2. The lowest BCUT2D eigenvalue weighted by molar-refractivity contribution is -0.219. The average Bonchev–Trinajstić information content (AvgIpc) is 3.26. The predicted octanol–water partition coefficient (Wildman–Crippen LogP) is 2.74. The Bertz CT molecular complexity index is 507. The van der Waals surface area contributed by atoms with Crippen LogP contribution in [0.25, 0.3) is 0 Å². The summed E-state index contributed by atoms with van der Waals surface area (Å²) in [5.41, 5.74) is 0.322. The molecule has 9 unspecified atom stereocenters. The first-order chi connectivity index (χ1) is 10.5. The van der Waals surface area contributed by atoms with Crippen molar-refractivity contribution in [1.82, 2.24) is 0 Å². The van der Waals surface area contributed by atoms with Crippen LogP contribution in [0.1, 0.15) is 58.8 Å². The van der Waals surface area contributed by atoms with Gasteiger partial charge in [-0.1, -0.05) is 20.3 Å². The SMILES string of the molecule is CC1(CO)CCCC2(C)C1CC(O)C13CC(CCC21)C1OC13. The Morgan fingerprint density at radius 2 is 1.95 bits per heavy atom. The molecule has 1 spiro atoms. The van der Waals surface area contributed by atoms with E-state index in [0.717, 1.165) is 12.8 Å². The largest absolute Gasteiger partial charge is 0.396 e. The van der Waals surface area contributed by atoms with Gasteiger partial charge in [0.2, 0.25) is 0 Å². The van der Waals surface area contributed by atoms with Gasteiger partial charge >= 0.3 is 0 Å². The lowest BCUT2D eigenvalue weighted by Gasteiger charge is -2.65. The number of hydrogen-bond donors (Lipinski definition) is 2. The van der Waals surface area contributed by atoms with Crippen molar-refractivity contribution >= 4 is 0 Å². The number of aliphatic hydroxyl groups excluding tert-OH is 2. The van der Waals surface area contributed by atoms with E-state index >= 15 is 0 Å². The highest BCUT2D eigenvalue weighted by Crippen LogP contribution is 2.75. The lowest BCUT2D eigenvalue weighted by atomic mass is 9.40. The molecule has 0 aromatic carbocycles. The highest BCUT2D eigenvalue weighted by atomic mass is 16.6. The summed E-state index contributed by atoms with van der Waals surface area (Å²) in [4.78, 5) is 0. The topological polar surface area (TPSA) is 53.0 Å². The summed E-state index contributed by atoms with van der Waals surface area (Å²) in [6, 6.07) is 0. The molecule has 3 nitrogen and oxygen atoms in total. The van der Waals surface area contributed by atoms with E-state index in [1.165, 1.54) is 32.1 Å². The Labute approximate surface area is 133 Å². The molecule has 1 heterocycles. The van der Waals surface area contributed by atoms with Gasteiger partial charge in [-0.15, -0.1) is 0 Å². The summed E-state index contributed by atoms with van der Waals surface area (Å²) in [7, 11) is 0. The molecule has 2 N–H and O–H groups in total. The van der Waals surface area contributed by atoms with Crippen molar-refractivity contribution < 1.29 is 14.9 Å². The van der Waals surface area contributed by atoms with E-state index in [2.05, 4.69) is 13.8 Å². The zero-order valence-electron chi connectivity index (χ0n) is 13.9. The second-order valence-corrected chi connectivity index (χ2v) is 9.70. The van der Waals surface area contributed by atoms with E-state index in [1.807, 2.05) is 0 Å². The van der Waals surface area contributed by atoms with Crippen molar-refractivity contribution in [1.29, 1.82) is 0 Å². The Morgan fingerprint density at radius 3 is 2.73 bits per heavy atom. The molecule has 5 rings (SSSR count). The molecule has 5 aliphatic rings. The molecule has 0 amide bonds. The van der Waals surface area contributed by atoms with E-state index < -0.39 is 0 Å². The van der Waals surface area contributed by atoms with E-state index in [-0.39, 0.29) is 29.0 Å². The molecule has 4 aliphatic carbocycles. The van der Waals surface area contributed by atoms with E-state index in [4.69, 9.17) is 4.74 Å². The molecule has 124 valence electrons. The van der Waals surface area contributed by atoms with Gasteiger partial charge in [0.05, 0.1) is 18.3 Å². The van der Waals surface area contributed by atoms with Gasteiger partial charge in [0.25, 0.3) is 0 Å². The minimum Gasteiger partial charge on any atom is -0.396 e. The summed E-state index contributed by atoms with van der Waals surface area (Å²) in [5, 5.41) is 21.3. The summed E-state index contributed by atoms with van der Waals surface area (Å²) >= 11 is 0. The van der Waals surface area contributed by atoms with Crippen molar-refractivity contribution in [2.45, 2.75) is 77.1 Å². The maximum Gasteiger partial charge on any atom is 0.0928 e. The number of rotatable bonds is 1. The van der Waals surface area contributed by atoms with Gasteiger partial charge in [0, 0.05) is 12.0 Å².